The summed E-state index contributed by atoms with van der Waals surface area (Å²) in [6.07, 6.45) is 5.45. The highest BCUT2D eigenvalue weighted by Gasteiger charge is 2.23. The molecule has 0 aliphatic heterocycles. The maximum atomic E-state index is 14.8. The summed E-state index contributed by atoms with van der Waals surface area (Å²) >= 11 is 2.24. The zero-order valence-electron chi connectivity index (χ0n) is 15.8. The number of anilines is 2. The smallest absolute Gasteiger partial charge is 0.277 e. The molecule has 2 aromatic carbocycles. The van der Waals surface area contributed by atoms with Gasteiger partial charge in [0.2, 0.25) is 0 Å². The summed E-state index contributed by atoms with van der Waals surface area (Å²) < 4.78 is 17.3. The summed E-state index contributed by atoms with van der Waals surface area (Å²) in [5.74, 6) is -0.547. The van der Waals surface area contributed by atoms with Gasteiger partial charge < -0.3 is 5.32 Å². The molecule has 8 heteroatoms. The fourth-order valence-electron chi connectivity index (χ4n) is 2.92. The lowest BCUT2D eigenvalue weighted by molar-refractivity contribution is 0.0270. The first-order chi connectivity index (χ1) is 14.0. The standard InChI is InChI=1S/C21H20FIN4O2/c1-13-9-15(23)5-6-18(13)25-19-11-20(27-8-2-7-24-27)17(22)10-16(19)21(28)26-29-12-14-3-4-14/h2,5-11,14,25H,3-4,12H2,1H3,(H,26,28). The zero-order valence-corrected chi connectivity index (χ0v) is 17.9. The highest BCUT2D eigenvalue weighted by Crippen LogP contribution is 2.30. The van der Waals surface area contributed by atoms with Crippen LogP contribution in [0.4, 0.5) is 15.8 Å². The van der Waals surface area contributed by atoms with Crippen LogP contribution in [-0.2, 0) is 4.84 Å². The topological polar surface area (TPSA) is 68.2 Å². The van der Waals surface area contributed by atoms with E-state index in [2.05, 4.69) is 38.5 Å². The number of halogens is 2. The number of carbonyl (C=O) groups is 1. The quantitative estimate of drug-likeness (QED) is 0.359. The molecule has 150 valence electrons. The number of amides is 1. The van der Waals surface area contributed by atoms with Crippen LogP contribution in [0, 0.1) is 22.2 Å². The predicted octanol–water partition coefficient (Wildman–Crippen LogP) is 4.74. The average molecular weight is 506 g/mol. The molecule has 1 fully saturated rings. The van der Waals surface area contributed by atoms with E-state index in [1.807, 2.05) is 25.1 Å². The van der Waals surface area contributed by atoms with Crippen LogP contribution in [0.2, 0.25) is 0 Å². The van der Waals surface area contributed by atoms with Gasteiger partial charge in [-0.1, -0.05) is 0 Å². The molecule has 0 spiro atoms. The van der Waals surface area contributed by atoms with Gasteiger partial charge in [0.25, 0.3) is 5.91 Å². The number of benzene rings is 2. The van der Waals surface area contributed by atoms with Crippen molar-refractivity contribution < 1.29 is 14.0 Å². The number of rotatable bonds is 7. The molecule has 0 saturated heterocycles. The van der Waals surface area contributed by atoms with Gasteiger partial charge in [-0.2, -0.15) is 5.10 Å². The fraction of sp³-hybridized carbons (Fsp3) is 0.238. The zero-order chi connectivity index (χ0) is 20.4. The molecule has 0 bridgehead atoms. The molecule has 4 rings (SSSR count). The molecule has 1 heterocycles. The van der Waals surface area contributed by atoms with Gasteiger partial charge in [0.15, 0.2) is 0 Å². The van der Waals surface area contributed by atoms with E-state index in [0.29, 0.717) is 18.2 Å². The van der Waals surface area contributed by atoms with Crippen LogP contribution in [0.15, 0.2) is 48.8 Å². The van der Waals surface area contributed by atoms with Crippen molar-refractivity contribution in [1.82, 2.24) is 15.3 Å². The van der Waals surface area contributed by atoms with Crippen molar-refractivity contribution in [1.29, 1.82) is 0 Å². The normalized spacial score (nSPS) is 13.3. The average Bonchev–Trinajstić information content (AvgIpc) is 3.35. The lowest BCUT2D eigenvalue weighted by atomic mass is 10.1. The SMILES string of the molecule is Cc1cc(I)ccc1Nc1cc(-n2cccn2)c(F)cc1C(=O)NOCC1CC1. The van der Waals surface area contributed by atoms with E-state index in [1.165, 1.54) is 10.7 Å². The second-order valence-electron chi connectivity index (χ2n) is 7.07. The number of nitrogens with zero attached hydrogens (tertiary/aromatic N) is 2. The van der Waals surface area contributed by atoms with Crippen molar-refractivity contribution in [3.63, 3.8) is 0 Å². The Kier molecular flexibility index (Phi) is 5.81. The molecule has 2 N–H and O–H groups in total. The van der Waals surface area contributed by atoms with Crippen LogP contribution >= 0.6 is 22.6 Å². The second kappa shape index (κ2) is 8.50. The van der Waals surface area contributed by atoms with Crippen LogP contribution < -0.4 is 10.8 Å². The monoisotopic (exact) mass is 506 g/mol. The number of nitrogens with one attached hydrogen (secondary N) is 2. The molecule has 1 amide bonds. The van der Waals surface area contributed by atoms with Crippen LogP contribution in [0.3, 0.4) is 0 Å². The maximum absolute atomic E-state index is 14.8. The summed E-state index contributed by atoms with van der Waals surface area (Å²) in [5.41, 5.74) is 5.15. The first kappa shape index (κ1) is 19.8. The minimum Gasteiger partial charge on any atom is -0.355 e. The van der Waals surface area contributed by atoms with Crippen molar-refractivity contribution in [2.75, 3.05) is 11.9 Å². The first-order valence-corrected chi connectivity index (χ1v) is 10.4. The summed E-state index contributed by atoms with van der Waals surface area (Å²) in [7, 11) is 0. The van der Waals surface area contributed by atoms with Crippen LogP contribution in [0.25, 0.3) is 5.69 Å². The molecule has 3 aromatic rings. The third-order valence-electron chi connectivity index (χ3n) is 4.72. The second-order valence-corrected chi connectivity index (χ2v) is 8.32. The van der Waals surface area contributed by atoms with Gasteiger partial charge >= 0.3 is 0 Å². The summed E-state index contributed by atoms with van der Waals surface area (Å²) in [5, 5.41) is 7.36. The van der Waals surface area contributed by atoms with Crippen molar-refractivity contribution in [3.05, 3.63) is 69.3 Å². The maximum Gasteiger partial charge on any atom is 0.277 e. The highest BCUT2D eigenvalue weighted by atomic mass is 127. The predicted molar refractivity (Wildman–Crippen MR) is 117 cm³/mol. The number of hydroxylamine groups is 1. The van der Waals surface area contributed by atoms with Crippen LogP contribution in [0.5, 0.6) is 0 Å². The molecule has 6 nitrogen and oxygen atoms in total. The Balaban J connectivity index is 1.67. The lowest BCUT2D eigenvalue weighted by Crippen LogP contribution is -2.26. The Hall–Kier alpha value is -2.46. The first-order valence-electron chi connectivity index (χ1n) is 9.30. The summed E-state index contributed by atoms with van der Waals surface area (Å²) in [6.45, 7) is 2.44. The van der Waals surface area contributed by atoms with Crippen molar-refractivity contribution >= 4 is 39.9 Å². The van der Waals surface area contributed by atoms with Gasteiger partial charge in [0, 0.05) is 21.7 Å². The van der Waals surface area contributed by atoms with E-state index in [9.17, 15) is 9.18 Å². The van der Waals surface area contributed by atoms with E-state index < -0.39 is 11.7 Å². The van der Waals surface area contributed by atoms with E-state index in [4.69, 9.17) is 4.84 Å². The van der Waals surface area contributed by atoms with Gasteiger partial charge in [0.1, 0.15) is 11.5 Å². The Bertz CT molecular complexity index is 1040. The molecular weight excluding hydrogens is 486 g/mol. The Morgan fingerprint density at radius 1 is 1.31 bits per heavy atom. The van der Waals surface area contributed by atoms with E-state index in [-0.39, 0.29) is 11.3 Å². The highest BCUT2D eigenvalue weighted by molar-refractivity contribution is 14.1. The van der Waals surface area contributed by atoms with E-state index in [0.717, 1.165) is 27.7 Å². The molecule has 1 aliphatic rings. The molecular formula is C21H20FIN4O2. The van der Waals surface area contributed by atoms with E-state index in [1.54, 1.807) is 24.5 Å². The van der Waals surface area contributed by atoms with Crippen LogP contribution in [-0.4, -0.2) is 22.3 Å². The lowest BCUT2D eigenvalue weighted by Gasteiger charge is -2.16. The van der Waals surface area contributed by atoms with Crippen molar-refractivity contribution in [2.24, 2.45) is 5.92 Å². The Morgan fingerprint density at radius 3 is 2.83 bits per heavy atom. The van der Waals surface area contributed by atoms with Gasteiger partial charge in [-0.25, -0.2) is 14.6 Å². The largest absolute Gasteiger partial charge is 0.355 e. The number of hydrogen-bond acceptors (Lipinski definition) is 4. The number of hydrogen-bond donors (Lipinski definition) is 2. The molecule has 0 radical (unpaired) electrons. The summed E-state index contributed by atoms with van der Waals surface area (Å²) in [4.78, 5) is 18.0. The van der Waals surface area contributed by atoms with Gasteiger partial charge in [0.05, 0.1) is 17.9 Å². The van der Waals surface area contributed by atoms with Gasteiger partial charge in [-0.15, -0.1) is 0 Å². The number of aromatic nitrogens is 2. The molecule has 1 saturated carbocycles. The van der Waals surface area contributed by atoms with Gasteiger partial charge in [-0.3, -0.25) is 9.63 Å². The number of aryl methyl sites for hydroxylation is 1. The minimum atomic E-state index is -0.550. The van der Waals surface area contributed by atoms with Gasteiger partial charge in [-0.05, 0) is 90.2 Å². The molecule has 1 aromatic heterocycles. The van der Waals surface area contributed by atoms with Crippen molar-refractivity contribution in [3.8, 4) is 5.69 Å². The Morgan fingerprint density at radius 2 is 2.14 bits per heavy atom. The molecule has 0 atom stereocenters. The molecule has 29 heavy (non-hydrogen) atoms. The summed E-state index contributed by atoms with van der Waals surface area (Å²) in [6, 6.07) is 10.4. The third kappa shape index (κ3) is 4.76. The minimum absolute atomic E-state index is 0.159. The molecule has 0 unspecified atom stereocenters. The molecule has 1 aliphatic carbocycles. The Labute approximate surface area is 181 Å². The fourth-order valence-corrected chi connectivity index (χ4v) is 3.56. The van der Waals surface area contributed by atoms with Crippen molar-refractivity contribution in [2.45, 2.75) is 19.8 Å². The third-order valence-corrected chi connectivity index (χ3v) is 5.39. The van der Waals surface area contributed by atoms with Crippen LogP contribution in [0.1, 0.15) is 28.8 Å². The number of carbonyl (C=O) groups excluding carboxylic acids is 1. The van der Waals surface area contributed by atoms with E-state index >= 15 is 0 Å².